The second-order valence-corrected chi connectivity index (χ2v) is 19.6. The molecule has 0 bridgehead atoms. The van der Waals surface area contributed by atoms with Crippen LogP contribution in [0.2, 0.25) is 0 Å². The highest BCUT2D eigenvalue weighted by atomic mass is 32.2. The third-order valence-corrected chi connectivity index (χ3v) is 13.2. The van der Waals surface area contributed by atoms with Crippen LogP contribution in [0.4, 0.5) is 34.1 Å². The first-order valence-corrected chi connectivity index (χ1v) is 25.5. The second-order valence-electron chi connectivity index (χ2n) is 15.4. The van der Waals surface area contributed by atoms with Crippen LogP contribution in [-0.4, -0.2) is 126 Å². The molecular formula is C44H36N10O18S3. The van der Waals surface area contributed by atoms with E-state index < -0.39 is 93.3 Å². The highest BCUT2D eigenvalue weighted by Crippen LogP contribution is 2.46. The zero-order chi connectivity index (χ0) is 54.0. The van der Waals surface area contributed by atoms with Gasteiger partial charge in [0.05, 0.1) is 47.5 Å². The molecule has 0 fully saturated rings. The Hall–Kier alpha value is -8.69. The molecular weight excluding hydrogens is 1050 g/mol. The van der Waals surface area contributed by atoms with Crippen LogP contribution in [0.25, 0.3) is 33.2 Å². The van der Waals surface area contributed by atoms with E-state index in [2.05, 4.69) is 45.8 Å². The molecule has 6 aromatic carbocycles. The number of imidazole rings is 1. The third-order valence-electron chi connectivity index (χ3n) is 10.6. The summed E-state index contributed by atoms with van der Waals surface area (Å²) in [5, 5.41) is 69.4. The number of nitrogens with one attached hydrogen (secondary N) is 1. The first kappa shape index (κ1) is 52.6. The molecule has 8 N–H and O–H groups in total. The van der Waals surface area contributed by atoms with Crippen molar-refractivity contribution in [3.05, 3.63) is 97.1 Å². The number of aromatic hydroxyl groups is 1. The first-order valence-electron chi connectivity index (χ1n) is 21.1. The zero-order valence-electron chi connectivity index (χ0n) is 38.0. The van der Waals surface area contributed by atoms with Gasteiger partial charge in [0, 0.05) is 23.8 Å². The highest BCUT2D eigenvalue weighted by Gasteiger charge is 2.41. The number of aromatic amines is 1. The lowest BCUT2D eigenvalue weighted by molar-refractivity contribution is -0.130. The maximum Gasteiger partial charge on any atom is 0.355 e. The molecule has 1 aromatic heterocycles. The van der Waals surface area contributed by atoms with Gasteiger partial charge in [0.15, 0.2) is 11.5 Å². The van der Waals surface area contributed by atoms with Gasteiger partial charge in [-0.15, -0.1) is 20.5 Å². The van der Waals surface area contributed by atoms with E-state index in [0.717, 1.165) is 42.5 Å². The van der Waals surface area contributed by atoms with E-state index in [4.69, 9.17) is 14.2 Å². The fourth-order valence-corrected chi connectivity index (χ4v) is 8.93. The molecule has 1 aliphatic rings. The number of rotatable bonds is 19. The Balaban J connectivity index is 1.12. The van der Waals surface area contributed by atoms with Gasteiger partial charge >= 0.3 is 5.97 Å². The summed E-state index contributed by atoms with van der Waals surface area (Å²) in [4.78, 5) is 31.0. The number of aliphatic carboxylic acids is 1. The molecule has 0 saturated carbocycles. The fraction of sp³-hybridized carbons (Fsp3) is 0.136. The second kappa shape index (κ2) is 21.0. The van der Waals surface area contributed by atoms with Gasteiger partial charge in [-0.1, -0.05) is 6.07 Å². The fourth-order valence-electron chi connectivity index (χ4n) is 7.16. The van der Waals surface area contributed by atoms with Crippen molar-refractivity contribution in [2.45, 2.75) is 20.7 Å². The van der Waals surface area contributed by atoms with Crippen LogP contribution in [0.3, 0.4) is 0 Å². The Kier molecular flexibility index (Phi) is 14.8. The van der Waals surface area contributed by atoms with Crippen molar-refractivity contribution in [1.82, 2.24) is 9.97 Å². The number of hydrogen-bond acceptors (Lipinski definition) is 22. The number of H-pyrrole nitrogens is 1. The minimum atomic E-state index is -5.15. The van der Waals surface area contributed by atoms with Crippen molar-refractivity contribution >= 4 is 104 Å². The number of fused-ring (bicyclic) bond motifs is 3. The number of carbonyl (C=O) groups is 2. The number of phenolic OH excluding ortho intramolecular Hbond substituents is 1. The van der Waals surface area contributed by atoms with E-state index in [1.807, 2.05) is 0 Å². The summed E-state index contributed by atoms with van der Waals surface area (Å²) in [5.41, 5.74) is -1.21. The van der Waals surface area contributed by atoms with E-state index >= 15 is 0 Å². The average Bonchev–Trinajstić information content (AvgIpc) is 3.97. The van der Waals surface area contributed by atoms with Crippen LogP contribution in [0.1, 0.15) is 0 Å². The predicted molar refractivity (Wildman–Crippen MR) is 260 cm³/mol. The van der Waals surface area contributed by atoms with Crippen molar-refractivity contribution < 1.29 is 83.1 Å². The van der Waals surface area contributed by atoms with Crippen LogP contribution in [0.15, 0.2) is 148 Å². The number of aliphatic hydroxyl groups excluding tert-OH is 2. The smallest absolute Gasteiger partial charge is 0.355 e. The molecule has 75 heavy (non-hydrogen) atoms. The molecule has 0 aliphatic carbocycles. The maximum absolute atomic E-state index is 13.3. The highest BCUT2D eigenvalue weighted by molar-refractivity contribution is 7.86. The summed E-state index contributed by atoms with van der Waals surface area (Å²) < 4.78 is 119. The van der Waals surface area contributed by atoms with Crippen LogP contribution in [0.5, 0.6) is 23.0 Å². The number of ether oxygens (including phenoxy) is 3. The van der Waals surface area contributed by atoms with Gasteiger partial charge in [0.2, 0.25) is 6.04 Å². The lowest BCUT2D eigenvalue weighted by atomic mass is 10.1. The summed E-state index contributed by atoms with van der Waals surface area (Å²) in [6, 6.07) is 18.4. The molecule has 388 valence electrons. The van der Waals surface area contributed by atoms with E-state index in [9.17, 15) is 68.9 Å². The Labute approximate surface area is 421 Å². The number of anilines is 1. The van der Waals surface area contributed by atoms with Crippen LogP contribution in [-0.2, 0) is 39.9 Å². The van der Waals surface area contributed by atoms with Gasteiger partial charge < -0.3 is 39.6 Å². The Morgan fingerprint density at radius 2 is 1.33 bits per heavy atom. The summed E-state index contributed by atoms with van der Waals surface area (Å²) in [6.45, 7) is -1.71. The number of phenols is 1. The zero-order valence-corrected chi connectivity index (χ0v) is 40.5. The summed E-state index contributed by atoms with van der Waals surface area (Å²) in [5.74, 6) is -3.40. The van der Waals surface area contributed by atoms with Crippen molar-refractivity contribution in [2.75, 3.05) is 38.5 Å². The number of aliphatic hydroxyl groups is 2. The molecule has 8 rings (SSSR count). The molecule has 1 atom stereocenters. The minimum Gasteiger partial charge on any atom is -0.505 e. The molecule has 2 heterocycles. The number of carbonyl (C=O) groups excluding carboxylic acids is 1. The molecule has 28 nitrogen and oxygen atoms in total. The molecule has 0 spiro atoms. The molecule has 1 amide bonds. The number of hydrazone groups is 1. The number of hydrogen-bond donors (Lipinski definition) is 8. The number of azo groups is 3. The molecule has 0 saturated heterocycles. The third kappa shape index (κ3) is 11.3. The lowest BCUT2D eigenvalue weighted by Gasteiger charge is -2.13. The van der Waals surface area contributed by atoms with Gasteiger partial charge in [-0.25, -0.2) is 9.78 Å². The SMILES string of the molecule is COc1ccc(N=Nc2cc(OCCO)c(N=Nc3c(S(=O)(=O)O)cc4ccc5[nH]c(-c6ccc(N=NC7C(=O)N(c8ccc(S(=O)(=O)O)cc8)N=C7C(=O)O)cc6)nc5c4c3O)cc2OCCO)c(S(=O)(=O)O)c1. The Bertz CT molecular complexity index is 3910. The van der Waals surface area contributed by atoms with Gasteiger partial charge in [0.25, 0.3) is 36.3 Å². The number of carboxylic acids is 1. The topological polar surface area (TPSA) is 424 Å². The van der Waals surface area contributed by atoms with Gasteiger partial charge in [-0.05, 0) is 78.2 Å². The molecule has 1 unspecified atom stereocenters. The number of nitrogens with zero attached hydrogens (tertiary/aromatic N) is 9. The quantitative estimate of drug-likeness (QED) is 0.0323. The van der Waals surface area contributed by atoms with E-state index in [1.54, 1.807) is 0 Å². The van der Waals surface area contributed by atoms with Crippen molar-refractivity contribution in [2.24, 2.45) is 35.8 Å². The normalized spacial score (nSPS) is 14.5. The van der Waals surface area contributed by atoms with E-state index in [-0.39, 0.29) is 81.0 Å². The number of methoxy groups -OCH3 is 1. The van der Waals surface area contributed by atoms with Crippen molar-refractivity contribution in [1.29, 1.82) is 0 Å². The van der Waals surface area contributed by atoms with Crippen molar-refractivity contribution in [3.8, 4) is 34.4 Å². The summed E-state index contributed by atoms with van der Waals surface area (Å²) in [6.07, 6.45) is 0. The molecule has 0 radical (unpaired) electrons. The maximum atomic E-state index is 13.3. The van der Waals surface area contributed by atoms with E-state index in [1.165, 1.54) is 61.7 Å². The standard InChI is InChI=1S/C44H36N10O18S3/c1-70-26-9-13-28(34(19-26)74(64,65)66)48-49-30-20-33(72-17-15-56)31(21-32(30)71-16-14-55)50-51-38-35(75(67,68)69)18-23-4-12-29-37(36(23)41(38)57)46-42(45-29)22-2-5-24(6-3-22)47-52-39-40(44(59)60)53-54(43(39)58)25-7-10-27(11-8-25)73(61,62)63/h2-13,18-21,39,55-57H,14-17H2,1H3,(H,45,46)(H,59,60)(H,61,62,63)(H,64,65,66)(H,67,68,69). The van der Waals surface area contributed by atoms with Crippen LogP contribution in [0, 0.1) is 0 Å². The van der Waals surface area contributed by atoms with E-state index in [0.29, 0.717) is 16.1 Å². The molecule has 31 heteroatoms. The van der Waals surface area contributed by atoms with Gasteiger partial charge in [-0.3, -0.25) is 18.5 Å². The van der Waals surface area contributed by atoms with Crippen LogP contribution < -0.4 is 19.2 Å². The van der Waals surface area contributed by atoms with Crippen LogP contribution >= 0.6 is 0 Å². The number of carboxylic acid groups (broad SMARTS) is 1. The number of benzene rings is 6. The molecule has 7 aromatic rings. The summed E-state index contributed by atoms with van der Waals surface area (Å²) in [7, 11) is -13.3. The first-order chi connectivity index (χ1) is 35.6. The predicted octanol–water partition coefficient (Wildman–Crippen LogP) is 6.35. The van der Waals surface area contributed by atoms with Gasteiger partial charge in [0.1, 0.15) is 74.3 Å². The van der Waals surface area contributed by atoms with Gasteiger partial charge in [-0.2, -0.15) is 45.6 Å². The Morgan fingerprint density at radius 1 is 0.720 bits per heavy atom. The summed E-state index contributed by atoms with van der Waals surface area (Å²) >= 11 is 0. The van der Waals surface area contributed by atoms with Crippen molar-refractivity contribution in [3.63, 3.8) is 0 Å². The monoisotopic (exact) mass is 1090 g/mol. The minimum absolute atomic E-state index is 0.0163. The molecule has 1 aliphatic heterocycles. The number of amides is 1. The largest absolute Gasteiger partial charge is 0.505 e. The average molecular weight is 1090 g/mol. The number of aromatic nitrogens is 2. The Morgan fingerprint density at radius 3 is 1.91 bits per heavy atom. The lowest BCUT2D eigenvalue weighted by Crippen LogP contribution is -2.33.